The lowest BCUT2D eigenvalue weighted by molar-refractivity contribution is -0.133. The minimum absolute atomic E-state index is 0.115. The Morgan fingerprint density at radius 3 is 2.48 bits per heavy atom. The van der Waals surface area contributed by atoms with Crippen molar-refractivity contribution in [3.05, 3.63) is 54.5 Å². The maximum atomic E-state index is 12.3. The van der Waals surface area contributed by atoms with Gasteiger partial charge in [0.2, 0.25) is 5.91 Å². The number of rotatable bonds is 4. The van der Waals surface area contributed by atoms with Gasteiger partial charge in [0.15, 0.2) is 5.82 Å². The van der Waals surface area contributed by atoms with Crippen LogP contribution in [0.3, 0.4) is 0 Å². The zero-order valence-corrected chi connectivity index (χ0v) is 18.1. The topological polar surface area (TPSA) is 65.5 Å². The molecule has 0 unspecified atom stereocenters. The fourth-order valence-corrected chi connectivity index (χ4v) is 4.65. The number of para-hydroxylation sites is 1. The first kappa shape index (κ1) is 19.7. The van der Waals surface area contributed by atoms with E-state index in [1.54, 1.807) is 17.3 Å². The Balaban J connectivity index is 1.27. The van der Waals surface area contributed by atoms with Crippen LogP contribution in [0.25, 0.3) is 10.9 Å². The largest absolute Gasteiger partial charge is 0.355 e. The fraction of sp³-hybridized carbons (Fsp3) is 0.417. The van der Waals surface area contributed by atoms with Gasteiger partial charge in [0.1, 0.15) is 5.82 Å². The zero-order valence-electron chi connectivity index (χ0n) is 18.1. The molecule has 2 aliphatic rings. The van der Waals surface area contributed by atoms with Crippen molar-refractivity contribution in [3.8, 4) is 0 Å². The van der Waals surface area contributed by atoms with Gasteiger partial charge >= 0.3 is 0 Å². The summed E-state index contributed by atoms with van der Waals surface area (Å²) in [7, 11) is 3.67. The number of aromatic nitrogens is 3. The van der Waals surface area contributed by atoms with E-state index in [9.17, 15) is 4.79 Å². The number of hydrogen-bond donors (Lipinski definition) is 0. The summed E-state index contributed by atoms with van der Waals surface area (Å²) in [6.07, 6.45) is 5.30. The molecule has 1 amide bonds. The summed E-state index contributed by atoms with van der Waals surface area (Å²) in [6.45, 7) is 3.48. The van der Waals surface area contributed by atoms with E-state index < -0.39 is 0 Å². The maximum Gasteiger partial charge on any atom is 0.225 e. The normalized spacial score (nSPS) is 17.6. The van der Waals surface area contributed by atoms with Gasteiger partial charge in [0.25, 0.3) is 0 Å². The van der Waals surface area contributed by atoms with Crippen molar-refractivity contribution in [2.45, 2.75) is 18.8 Å². The van der Waals surface area contributed by atoms with Crippen LogP contribution in [-0.4, -0.2) is 66.0 Å². The summed E-state index contributed by atoms with van der Waals surface area (Å²) in [6, 6.07) is 12.4. The van der Waals surface area contributed by atoms with E-state index in [1.807, 2.05) is 26.2 Å². The summed E-state index contributed by atoms with van der Waals surface area (Å²) in [5.74, 6) is 2.69. The predicted octanol–water partition coefficient (Wildman–Crippen LogP) is 2.93. The van der Waals surface area contributed by atoms with Crippen LogP contribution < -0.4 is 9.80 Å². The highest BCUT2D eigenvalue weighted by Gasteiger charge is 2.35. The molecule has 0 saturated carbocycles. The van der Waals surface area contributed by atoms with Crippen LogP contribution in [0.4, 0.5) is 11.6 Å². The van der Waals surface area contributed by atoms with Crippen molar-refractivity contribution in [2.75, 3.05) is 50.1 Å². The Bertz CT molecular complexity index is 1090. The SMILES string of the molecule is CN(C)C(=O)C1CCN(c2nccnc2C2CN(c3ccc4ccccc4n3)C2)CC1. The third-order valence-corrected chi connectivity index (χ3v) is 6.47. The fourth-order valence-electron chi connectivity index (χ4n) is 4.65. The molecule has 0 radical (unpaired) electrons. The molecule has 0 bridgehead atoms. The molecular weight excluding hydrogens is 388 g/mol. The van der Waals surface area contributed by atoms with Gasteiger partial charge in [0.05, 0.1) is 11.2 Å². The van der Waals surface area contributed by atoms with E-state index in [1.165, 1.54) is 0 Å². The second-order valence-electron chi connectivity index (χ2n) is 8.72. The Morgan fingerprint density at radius 2 is 1.71 bits per heavy atom. The molecule has 0 spiro atoms. The molecule has 0 N–H and O–H groups in total. The molecule has 2 saturated heterocycles. The van der Waals surface area contributed by atoms with Crippen LogP contribution in [0.2, 0.25) is 0 Å². The number of pyridine rings is 1. The lowest BCUT2D eigenvalue weighted by Gasteiger charge is -2.41. The number of amides is 1. The third kappa shape index (κ3) is 3.80. The molecule has 0 atom stereocenters. The Kier molecular flexibility index (Phi) is 5.18. The van der Waals surface area contributed by atoms with Gasteiger partial charge in [-0.3, -0.25) is 9.78 Å². The molecule has 160 valence electrons. The van der Waals surface area contributed by atoms with Gasteiger partial charge in [-0.2, -0.15) is 0 Å². The molecule has 7 nitrogen and oxygen atoms in total. The first-order chi connectivity index (χ1) is 15.1. The molecule has 4 heterocycles. The van der Waals surface area contributed by atoms with Crippen molar-refractivity contribution in [3.63, 3.8) is 0 Å². The molecular formula is C24H28N6O. The number of carbonyl (C=O) groups is 1. The van der Waals surface area contributed by atoms with E-state index in [-0.39, 0.29) is 11.8 Å². The van der Waals surface area contributed by atoms with Gasteiger partial charge < -0.3 is 14.7 Å². The molecule has 2 aliphatic heterocycles. The summed E-state index contributed by atoms with van der Waals surface area (Å²) >= 11 is 0. The summed E-state index contributed by atoms with van der Waals surface area (Å²) < 4.78 is 0. The average Bonchev–Trinajstić information content (AvgIpc) is 2.78. The van der Waals surface area contributed by atoms with Crippen molar-refractivity contribution < 1.29 is 4.79 Å². The number of nitrogens with zero attached hydrogens (tertiary/aromatic N) is 6. The molecule has 3 aromatic rings. The summed E-state index contributed by atoms with van der Waals surface area (Å²) in [4.78, 5) is 32.8. The van der Waals surface area contributed by atoms with Crippen LogP contribution in [0.1, 0.15) is 24.5 Å². The van der Waals surface area contributed by atoms with Gasteiger partial charge in [0, 0.05) is 69.9 Å². The maximum absolute atomic E-state index is 12.3. The number of carbonyl (C=O) groups excluding carboxylic acids is 1. The summed E-state index contributed by atoms with van der Waals surface area (Å²) in [5.41, 5.74) is 2.09. The van der Waals surface area contributed by atoms with E-state index in [4.69, 9.17) is 9.97 Å². The Hall–Kier alpha value is -3.22. The van der Waals surface area contributed by atoms with Crippen LogP contribution in [0.15, 0.2) is 48.8 Å². The van der Waals surface area contributed by atoms with Crippen LogP contribution in [0, 0.1) is 5.92 Å². The van der Waals surface area contributed by atoms with Crippen molar-refractivity contribution in [2.24, 2.45) is 5.92 Å². The molecule has 7 heteroatoms. The summed E-state index contributed by atoms with van der Waals surface area (Å²) in [5, 5.41) is 1.16. The van der Waals surface area contributed by atoms with E-state index in [2.05, 4.69) is 39.0 Å². The zero-order chi connectivity index (χ0) is 21.4. The van der Waals surface area contributed by atoms with Gasteiger partial charge in [-0.05, 0) is 31.0 Å². The van der Waals surface area contributed by atoms with Gasteiger partial charge in [-0.1, -0.05) is 18.2 Å². The number of benzene rings is 1. The van der Waals surface area contributed by atoms with Crippen LogP contribution in [0.5, 0.6) is 0 Å². The average molecular weight is 417 g/mol. The van der Waals surface area contributed by atoms with Crippen LogP contribution in [-0.2, 0) is 4.79 Å². The molecule has 2 aromatic heterocycles. The molecule has 0 aliphatic carbocycles. The first-order valence-corrected chi connectivity index (χ1v) is 11.0. The minimum atomic E-state index is 0.115. The molecule has 2 fully saturated rings. The Morgan fingerprint density at radius 1 is 0.968 bits per heavy atom. The quantitative estimate of drug-likeness (QED) is 0.652. The smallest absolute Gasteiger partial charge is 0.225 e. The standard InChI is InChI=1S/C24H28N6O/c1-28(2)24(31)18-9-13-29(14-10-18)23-22(25-11-12-26-23)19-15-30(16-19)21-8-7-17-5-3-4-6-20(17)27-21/h3-8,11-12,18-19H,9-10,13-16H2,1-2H3. The highest BCUT2D eigenvalue weighted by atomic mass is 16.2. The van der Waals surface area contributed by atoms with E-state index in [0.717, 1.165) is 67.3 Å². The second-order valence-corrected chi connectivity index (χ2v) is 8.72. The predicted molar refractivity (Wildman–Crippen MR) is 122 cm³/mol. The van der Waals surface area contributed by atoms with Gasteiger partial charge in [-0.25, -0.2) is 9.97 Å². The van der Waals surface area contributed by atoms with Gasteiger partial charge in [-0.15, -0.1) is 0 Å². The lowest BCUT2D eigenvalue weighted by Crippen LogP contribution is -2.47. The van der Waals surface area contributed by atoms with Crippen molar-refractivity contribution in [1.29, 1.82) is 0 Å². The molecule has 1 aromatic carbocycles. The monoisotopic (exact) mass is 416 g/mol. The highest BCUT2D eigenvalue weighted by molar-refractivity contribution is 5.80. The first-order valence-electron chi connectivity index (χ1n) is 11.0. The van der Waals surface area contributed by atoms with E-state index in [0.29, 0.717) is 5.92 Å². The molecule has 31 heavy (non-hydrogen) atoms. The molecule has 5 rings (SSSR count). The lowest BCUT2D eigenvalue weighted by atomic mass is 9.93. The van der Waals surface area contributed by atoms with Crippen LogP contribution >= 0.6 is 0 Å². The highest BCUT2D eigenvalue weighted by Crippen LogP contribution is 2.35. The number of hydrogen-bond acceptors (Lipinski definition) is 6. The second kappa shape index (κ2) is 8.13. The minimum Gasteiger partial charge on any atom is -0.355 e. The van der Waals surface area contributed by atoms with Crippen molar-refractivity contribution in [1.82, 2.24) is 19.9 Å². The number of piperidine rings is 1. The van der Waals surface area contributed by atoms with Crippen molar-refractivity contribution >= 4 is 28.4 Å². The van der Waals surface area contributed by atoms with E-state index >= 15 is 0 Å². The number of fused-ring (bicyclic) bond motifs is 1. The Labute approximate surface area is 182 Å². The third-order valence-electron chi connectivity index (χ3n) is 6.47. The number of anilines is 2.